The summed E-state index contributed by atoms with van der Waals surface area (Å²) in [7, 11) is 2.20. The van der Waals surface area contributed by atoms with Gasteiger partial charge in [-0.3, -0.25) is 4.90 Å². The Labute approximate surface area is 129 Å². The predicted molar refractivity (Wildman–Crippen MR) is 85.6 cm³/mol. The Morgan fingerprint density at radius 1 is 1.37 bits per heavy atom. The van der Waals surface area contributed by atoms with E-state index in [1.54, 1.807) is 0 Å². The number of hydrogen-bond donors (Lipinski definition) is 1. The van der Waals surface area contributed by atoms with Crippen LogP contribution >= 0.6 is 27.5 Å². The second kappa shape index (κ2) is 7.07. The summed E-state index contributed by atoms with van der Waals surface area (Å²) in [4.78, 5) is 2.44. The molecule has 1 saturated carbocycles. The van der Waals surface area contributed by atoms with Crippen molar-refractivity contribution >= 4 is 27.5 Å². The number of likely N-dealkylation sites (N-methyl/N-ethyl adjacent to an activating group) is 1. The summed E-state index contributed by atoms with van der Waals surface area (Å²) in [6, 6.07) is 6.82. The minimum atomic E-state index is 0.233. The molecule has 4 heteroatoms. The molecule has 0 heterocycles. The Balaban J connectivity index is 2.20. The Morgan fingerprint density at radius 3 is 2.68 bits per heavy atom. The van der Waals surface area contributed by atoms with Gasteiger partial charge in [-0.1, -0.05) is 46.8 Å². The molecule has 0 saturated heterocycles. The van der Waals surface area contributed by atoms with Crippen LogP contribution in [0.2, 0.25) is 5.02 Å². The Kier molecular flexibility index (Phi) is 5.70. The highest BCUT2D eigenvalue weighted by Gasteiger charge is 2.26. The van der Waals surface area contributed by atoms with Gasteiger partial charge in [-0.25, -0.2) is 0 Å². The Bertz CT molecular complexity index is 419. The Hall–Kier alpha value is -0.0900. The van der Waals surface area contributed by atoms with Gasteiger partial charge in [0.2, 0.25) is 0 Å². The van der Waals surface area contributed by atoms with Crippen molar-refractivity contribution in [2.45, 2.75) is 44.2 Å². The zero-order valence-electron chi connectivity index (χ0n) is 11.4. The molecule has 2 N–H and O–H groups in total. The first-order chi connectivity index (χ1) is 9.13. The van der Waals surface area contributed by atoms with Gasteiger partial charge in [0.1, 0.15) is 0 Å². The minimum Gasteiger partial charge on any atom is -0.329 e. The van der Waals surface area contributed by atoms with E-state index in [9.17, 15) is 0 Å². The van der Waals surface area contributed by atoms with Crippen LogP contribution in [-0.4, -0.2) is 24.5 Å². The van der Waals surface area contributed by atoms with Gasteiger partial charge in [0.05, 0.1) is 0 Å². The molecule has 1 aliphatic rings. The van der Waals surface area contributed by atoms with E-state index in [-0.39, 0.29) is 6.04 Å². The maximum absolute atomic E-state index is 6.13. The standard InChI is InChI=1S/C15H22BrClN2/c1-19(12-5-3-2-4-6-12)15(10-18)13-9-11(17)7-8-14(13)16/h7-9,12,15H,2-6,10,18H2,1H3. The number of nitrogens with two attached hydrogens (primary N) is 1. The summed E-state index contributed by atoms with van der Waals surface area (Å²) in [5, 5.41) is 0.772. The third-order valence-corrected chi connectivity index (χ3v) is 5.14. The fraction of sp³-hybridized carbons (Fsp3) is 0.600. The molecule has 0 aliphatic heterocycles. The molecular formula is C15H22BrClN2. The maximum Gasteiger partial charge on any atom is 0.0482 e. The molecule has 1 aliphatic carbocycles. The van der Waals surface area contributed by atoms with E-state index in [2.05, 4.69) is 27.9 Å². The van der Waals surface area contributed by atoms with Gasteiger partial charge in [-0.15, -0.1) is 0 Å². The summed E-state index contributed by atoms with van der Waals surface area (Å²) in [6.45, 7) is 0.617. The smallest absolute Gasteiger partial charge is 0.0482 e. The molecular weight excluding hydrogens is 324 g/mol. The number of halogens is 2. The van der Waals surface area contributed by atoms with Crippen LogP contribution < -0.4 is 5.73 Å². The molecule has 1 unspecified atom stereocenters. The van der Waals surface area contributed by atoms with Crippen LogP contribution in [0.1, 0.15) is 43.7 Å². The van der Waals surface area contributed by atoms with E-state index in [0.29, 0.717) is 12.6 Å². The SMILES string of the molecule is CN(C1CCCCC1)C(CN)c1cc(Cl)ccc1Br. The van der Waals surface area contributed by atoms with Gasteiger partial charge in [-0.05, 0) is 43.7 Å². The molecule has 1 aromatic carbocycles. The zero-order chi connectivity index (χ0) is 13.8. The molecule has 1 atom stereocenters. The second-order valence-corrected chi connectivity index (χ2v) is 6.67. The van der Waals surface area contributed by atoms with E-state index in [1.807, 2.05) is 18.2 Å². The fourth-order valence-electron chi connectivity index (χ4n) is 3.03. The third-order valence-electron chi connectivity index (χ3n) is 4.18. The van der Waals surface area contributed by atoms with Crippen molar-refractivity contribution in [1.82, 2.24) is 4.90 Å². The maximum atomic E-state index is 6.13. The van der Waals surface area contributed by atoms with Crippen molar-refractivity contribution in [2.75, 3.05) is 13.6 Å². The fourth-order valence-corrected chi connectivity index (χ4v) is 3.72. The molecule has 0 aromatic heterocycles. The molecule has 1 fully saturated rings. The summed E-state index contributed by atoms with van der Waals surface area (Å²) in [6.07, 6.45) is 6.61. The van der Waals surface area contributed by atoms with Gasteiger partial charge in [0, 0.05) is 28.1 Å². The minimum absolute atomic E-state index is 0.233. The highest BCUT2D eigenvalue weighted by molar-refractivity contribution is 9.10. The van der Waals surface area contributed by atoms with Gasteiger partial charge < -0.3 is 5.73 Å². The predicted octanol–water partition coefficient (Wildman–Crippen LogP) is 4.37. The normalized spacial score (nSPS) is 18.8. The number of benzene rings is 1. The van der Waals surface area contributed by atoms with E-state index in [0.717, 1.165) is 9.50 Å². The third kappa shape index (κ3) is 3.72. The van der Waals surface area contributed by atoms with Crippen molar-refractivity contribution in [1.29, 1.82) is 0 Å². The van der Waals surface area contributed by atoms with Gasteiger partial charge >= 0.3 is 0 Å². The average molecular weight is 346 g/mol. The van der Waals surface area contributed by atoms with Crippen LogP contribution in [-0.2, 0) is 0 Å². The van der Waals surface area contributed by atoms with Crippen LogP contribution in [0.15, 0.2) is 22.7 Å². The highest BCUT2D eigenvalue weighted by atomic mass is 79.9. The highest BCUT2D eigenvalue weighted by Crippen LogP contribution is 2.33. The van der Waals surface area contributed by atoms with Gasteiger partial charge in [0.15, 0.2) is 0 Å². The van der Waals surface area contributed by atoms with E-state index in [4.69, 9.17) is 17.3 Å². The van der Waals surface area contributed by atoms with Gasteiger partial charge in [-0.2, -0.15) is 0 Å². The quantitative estimate of drug-likeness (QED) is 0.878. The lowest BCUT2D eigenvalue weighted by Crippen LogP contribution is -2.39. The van der Waals surface area contributed by atoms with Crippen LogP contribution in [0.4, 0.5) is 0 Å². The summed E-state index contributed by atoms with van der Waals surface area (Å²) in [5.41, 5.74) is 7.22. The molecule has 2 nitrogen and oxygen atoms in total. The first-order valence-electron chi connectivity index (χ1n) is 7.00. The van der Waals surface area contributed by atoms with E-state index >= 15 is 0 Å². The molecule has 2 rings (SSSR count). The zero-order valence-corrected chi connectivity index (χ0v) is 13.8. The van der Waals surface area contributed by atoms with Crippen LogP contribution in [0, 0.1) is 0 Å². The molecule has 1 aromatic rings. The van der Waals surface area contributed by atoms with Crippen LogP contribution in [0.5, 0.6) is 0 Å². The largest absolute Gasteiger partial charge is 0.329 e. The molecule has 19 heavy (non-hydrogen) atoms. The molecule has 0 amide bonds. The monoisotopic (exact) mass is 344 g/mol. The van der Waals surface area contributed by atoms with Crippen LogP contribution in [0.3, 0.4) is 0 Å². The second-order valence-electron chi connectivity index (χ2n) is 5.37. The van der Waals surface area contributed by atoms with Crippen molar-refractivity contribution in [3.8, 4) is 0 Å². The Morgan fingerprint density at radius 2 is 2.05 bits per heavy atom. The lowest BCUT2D eigenvalue weighted by atomic mass is 9.92. The number of nitrogens with zero attached hydrogens (tertiary/aromatic N) is 1. The van der Waals surface area contributed by atoms with Crippen LogP contribution in [0.25, 0.3) is 0 Å². The summed E-state index contributed by atoms with van der Waals surface area (Å²) < 4.78 is 1.09. The molecule has 106 valence electrons. The summed E-state index contributed by atoms with van der Waals surface area (Å²) >= 11 is 9.75. The average Bonchev–Trinajstić information content (AvgIpc) is 2.44. The van der Waals surface area contributed by atoms with Crippen molar-refractivity contribution in [2.24, 2.45) is 5.73 Å². The first kappa shape index (κ1) is 15.3. The number of rotatable bonds is 4. The van der Waals surface area contributed by atoms with Crippen molar-refractivity contribution < 1.29 is 0 Å². The van der Waals surface area contributed by atoms with Crippen molar-refractivity contribution in [3.63, 3.8) is 0 Å². The molecule has 0 radical (unpaired) electrons. The first-order valence-corrected chi connectivity index (χ1v) is 8.17. The lowest BCUT2D eigenvalue weighted by molar-refractivity contribution is 0.140. The number of hydrogen-bond acceptors (Lipinski definition) is 2. The van der Waals surface area contributed by atoms with E-state index < -0.39 is 0 Å². The molecule has 0 bridgehead atoms. The van der Waals surface area contributed by atoms with E-state index in [1.165, 1.54) is 37.7 Å². The van der Waals surface area contributed by atoms with Gasteiger partial charge in [0.25, 0.3) is 0 Å². The molecule has 0 spiro atoms. The summed E-state index contributed by atoms with van der Waals surface area (Å²) in [5.74, 6) is 0. The van der Waals surface area contributed by atoms with Crippen molar-refractivity contribution in [3.05, 3.63) is 33.3 Å². The topological polar surface area (TPSA) is 29.3 Å². The lowest BCUT2D eigenvalue weighted by Gasteiger charge is -2.37.